The molecule has 0 amide bonds. The lowest BCUT2D eigenvalue weighted by Gasteiger charge is -2.47. The molecule has 208 valence electrons. The number of β-amino-alcohol motifs (C(OH)–C–C–N with tert-alkyl or cyclic N) is 1. The van der Waals surface area contributed by atoms with E-state index in [4.69, 9.17) is 4.74 Å². The molecule has 2 heterocycles. The minimum atomic E-state index is -4.14. The summed E-state index contributed by atoms with van der Waals surface area (Å²) >= 11 is 0. The summed E-state index contributed by atoms with van der Waals surface area (Å²) in [5.74, 6) is 0.248. The Morgan fingerprint density at radius 1 is 1.00 bits per heavy atom. The number of nitrogens with zero attached hydrogens (tertiary/aromatic N) is 2. The molecule has 1 aliphatic carbocycles. The smallest absolute Gasteiger partial charge is 0.395 e. The minimum absolute atomic E-state index is 0.0953. The van der Waals surface area contributed by atoms with E-state index in [0.717, 1.165) is 12.8 Å². The number of ether oxygens (including phenoxy) is 1. The quantitative estimate of drug-likeness (QED) is 0.444. The number of alkyl halides is 3. The summed E-state index contributed by atoms with van der Waals surface area (Å²) in [6.07, 6.45) is -2.08. The molecule has 2 aliphatic heterocycles. The number of hydrogen-bond donors (Lipinski definition) is 2. The van der Waals surface area contributed by atoms with Crippen LogP contribution in [0.4, 0.5) is 17.6 Å². The number of hydrogen-bond acceptors (Lipinski definition) is 5. The van der Waals surface area contributed by atoms with Gasteiger partial charge < -0.3 is 19.8 Å². The molecule has 3 aliphatic rings. The second-order valence-electron chi connectivity index (χ2n) is 11.2. The Kier molecular flexibility index (Phi) is 8.01. The number of rotatable bonds is 8. The minimum Gasteiger partial charge on any atom is -0.493 e. The van der Waals surface area contributed by atoms with Crippen molar-refractivity contribution in [3.63, 3.8) is 0 Å². The molecular weight excluding hydrogens is 500 g/mol. The highest BCUT2D eigenvalue weighted by Gasteiger charge is 2.58. The average Bonchev–Trinajstić information content (AvgIpc) is 3.31. The van der Waals surface area contributed by atoms with Crippen molar-refractivity contribution < 1.29 is 32.5 Å². The van der Waals surface area contributed by atoms with Crippen molar-refractivity contribution in [2.75, 3.05) is 39.3 Å². The molecule has 0 spiro atoms. The maximum Gasteiger partial charge on any atom is 0.395 e. The third-order valence-electron chi connectivity index (χ3n) is 8.63. The Bertz CT molecular complexity index is 1080. The number of piperidine rings is 1. The fourth-order valence-electron chi connectivity index (χ4n) is 5.94. The third-order valence-corrected chi connectivity index (χ3v) is 8.63. The molecule has 2 aromatic rings. The maximum absolute atomic E-state index is 14.9. The van der Waals surface area contributed by atoms with E-state index in [9.17, 15) is 27.8 Å². The maximum atomic E-state index is 14.9. The summed E-state index contributed by atoms with van der Waals surface area (Å²) in [7, 11) is 0. The van der Waals surface area contributed by atoms with Gasteiger partial charge in [0.05, 0.1) is 18.1 Å². The van der Waals surface area contributed by atoms with Gasteiger partial charge in [-0.15, -0.1) is 0 Å². The van der Waals surface area contributed by atoms with E-state index in [1.54, 1.807) is 36.4 Å². The van der Waals surface area contributed by atoms with Gasteiger partial charge in [0.1, 0.15) is 17.8 Å². The van der Waals surface area contributed by atoms with Crippen molar-refractivity contribution in [2.24, 2.45) is 11.3 Å². The molecule has 1 saturated carbocycles. The van der Waals surface area contributed by atoms with Crippen LogP contribution in [0.3, 0.4) is 0 Å². The number of halogens is 4. The standard InChI is InChI=1S/C29H36F4N2O3/c30-26-16-24(38-18-20-8-13-34(14-9-20)19-28(11-1-12-28)29(31,32)33)6-7-25(26)21-2-4-22(5-3-21)27(37)35-15-10-23(36)17-35/h2-7,16,20,23,27,36-37H,1,8-15,17-19H2/t23-,27?/m0/s1. The van der Waals surface area contributed by atoms with Crippen molar-refractivity contribution in [1.29, 1.82) is 0 Å². The van der Waals surface area contributed by atoms with E-state index >= 15 is 0 Å². The van der Waals surface area contributed by atoms with Gasteiger partial charge in [0.25, 0.3) is 0 Å². The van der Waals surface area contributed by atoms with Gasteiger partial charge in [0.2, 0.25) is 0 Å². The average molecular weight is 537 g/mol. The zero-order chi connectivity index (χ0) is 26.9. The van der Waals surface area contributed by atoms with Gasteiger partial charge >= 0.3 is 6.18 Å². The van der Waals surface area contributed by atoms with Gasteiger partial charge in [-0.3, -0.25) is 4.90 Å². The molecule has 0 bridgehead atoms. The molecule has 1 unspecified atom stereocenters. The van der Waals surface area contributed by atoms with Crippen LogP contribution >= 0.6 is 0 Å². The van der Waals surface area contributed by atoms with E-state index in [1.165, 1.54) is 6.07 Å². The molecule has 38 heavy (non-hydrogen) atoms. The Labute approximate surface area is 221 Å². The van der Waals surface area contributed by atoms with Crippen LogP contribution in [0.2, 0.25) is 0 Å². The summed E-state index contributed by atoms with van der Waals surface area (Å²) in [5.41, 5.74) is 0.281. The lowest BCUT2D eigenvalue weighted by atomic mass is 9.67. The highest BCUT2D eigenvalue weighted by molar-refractivity contribution is 5.65. The molecule has 0 radical (unpaired) electrons. The highest BCUT2D eigenvalue weighted by Crippen LogP contribution is 2.53. The fraction of sp³-hybridized carbons (Fsp3) is 0.586. The fourth-order valence-corrected chi connectivity index (χ4v) is 5.94. The van der Waals surface area contributed by atoms with Crippen LogP contribution in [0, 0.1) is 17.2 Å². The molecule has 9 heteroatoms. The largest absolute Gasteiger partial charge is 0.493 e. The van der Waals surface area contributed by atoms with Crippen LogP contribution in [0.15, 0.2) is 42.5 Å². The molecule has 2 atom stereocenters. The first-order chi connectivity index (χ1) is 18.1. The van der Waals surface area contributed by atoms with Crippen LogP contribution in [0.5, 0.6) is 5.75 Å². The molecule has 2 saturated heterocycles. The molecule has 2 N–H and O–H groups in total. The topological polar surface area (TPSA) is 56.2 Å². The van der Waals surface area contributed by atoms with E-state index in [1.807, 2.05) is 9.80 Å². The molecule has 0 aromatic heterocycles. The van der Waals surface area contributed by atoms with Gasteiger partial charge in [-0.25, -0.2) is 4.39 Å². The first-order valence-electron chi connectivity index (χ1n) is 13.6. The van der Waals surface area contributed by atoms with Crippen molar-refractivity contribution >= 4 is 0 Å². The van der Waals surface area contributed by atoms with Crippen molar-refractivity contribution in [3.8, 4) is 16.9 Å². The molecule has 2 aromatic carbocycles. The number of likely N-dealkylation sites (tertiary alicyclic amines) is 2. The molecule has 3 fully saturated rings. The SMILES string of the molecule is OC(c1ccc(-c2ccc(OCC3CCN(CC4(C(F)(F)F)CCC4)CC3)cc2F)cc1)N1CC[C@H](O)C1. The first kappa shape index (κ1) is 27.4. The predicted molar refractivity (Wildman–Crippen MR) is 136 cm³/mol. The Morgan fingerprint density at radius 3 is 2.26 bits per heavy atom. The van der Waals surface area contributed by atoms with Gasteiger partial charge in [-0.2, -0.15) is 13.2 Å². The summed E-state index contributed by atoms with van der Waals surface area (Å²) in [6, 6.07) is 11.8. The second-order valence-corrected chi connectivity index (χ2v) is 11.2. The van der Waals surface area contributed by atoms with Crippen LogP contribution in [0.25, 0.3) is 11.1 Å². The van der Waals surface area contributed by atoms with E-state index in [0.29, 0.717) is 68.1 Å². The number of aliphatic hydroxyl groups excluding tert-OH is 2. The molecular formula is C29H36F4N2O3. The van der Waals surface area contributed by atoms with Crippen LogP contribution in [0.1, 0.15) is 50.3 Å². The first-order valence-corrected chi connectivity index (χ1v) is 13.6. The number of aliphatic hydroxyl groups is 2. The van der Waals surface area contributed by atoms with Crippen LogP contribution < -0.4 is 4.74 Å². The third kappa shape index (κ3) is 5.86. The summed E-state index contributed by atoms with van der Waals surface area (Å²) in [5, 5.41) is 20.2. The van der Waals surface area contributed by atoms with Crippen molar-refractivity contribution in [1.82, 2.24) is 9.80 Å². The Morgan fingerprint density at radius 2 is 1.71 bits per heavy atom. The monoisotopic (exact) mass is 536 g/mol. The van der Waals surface area contributed by atoms with Crippen LogP contribution in [-0.2, 0) is 0 Å². The van der Waals surface area contributed by atoms with Crippen molar-refractivity contribution in [2.45, 2.75) is 57.0 Å². The lowest BCUT2D eigenvalue weighted by molar-refractivity contribution is -0.256. The van der Waals surface area contributed by atoms with E-state index < -0.39 is 29.7 Å². The zero-order valence-corrected chi connectivity index (χ0v) is 21.5. The van der Waals surface area contributed by atoms with Gasteiger partial charge in [0.15, 0.2) is 0 Å². The Balaban J connectivity index is 1.11. The molecule has 5 rings (SSSR count). The van der Waals surface area contributed by atoms with E-state index in [2.05, 4.69) is 0 Å². The van der Waals surface area contributed by atoms with Gasteiger partial charge in [0, 0.05) is 31.3 Å². The summed E-state index contributed by atoms with van der Waals surface area (Å²) < 4.78 is 61.3. The number of benzene rings is 2. The van der Waals surface area contributed by atoms with Crippen LogP contribution in [-0.4, -0.2) is 71.6 Å². The predicted octanol–water partition coefficient (Wildman–Crippen LogP) is 5.37. The lowest BCUT2D eigenvalue weighted by Crippen LogP contribution is -2.53. The highest BCUT2D eigenvalue weighted by atomic mass is 19.4. The van der Waals surface area contributed by atoms with E-state index in [-0.39, 0.29) is 25.3 Å². The van der Waals surface area contributed by atoms with Gasteiger partial charge in [-0.1, -0.05) is 30.7 Å². The van der Waals surface area contributed by atoms with Gasteiger partial charge in [-0.05, 0) is 74.4 Å². The summed E-state index contributed by atoms with van der Waals surface area (Å²) in [4.78, 5) is 3.75. The normalized spacial score (nSPS) is 23.8. The van der Waals surface area contributed by atoms with Crippen molar-refractivity contribution in [3.05, 3.63) is 53.8 Å². The molecule has 5 nitrogen and oxygen atoms in total. The zero-order valence-electron chi connectivity index (χ0n) is 21.5. The summed E-state index contributed by atoms with van der Waals surface area (Å²) in [6.45, 7) is 2.81. The second kappa shape index (κ2) is 11.1. The Hall–Kier alpha value is -2.20.